The van der Waals surface area contributed by atoms with Crippen molar-refractivity contribution in [3.63, 3.8) is 0 Å². The molecule has 0 spiro atoms. The maximum atomic E-state index is 12.0. The van der Waals surface area contributed by atoms with Gasteiger partial charge in [0.05, 0.1) is 12.4 Å². The third-order valence-electron chi connectivity index (χ3n) is 3.23. The van der Waals surface area contributed by atoms with Crippen LogP contribution in [-0.4, -0.2) is 34.2 Å². The van der Waals surface area contributed by atoms with Crippen LogP contribution in [0.4, 0.5) is 0 Å². The first-order valence-corrected chi connectivity index (χ1v) is 7.79. The van der Waals surface area contributed by atoms with E-state index >= 15 is 0 Å². The topological polar surface area (TPSA) is 122 Å². The first-order chi connectivity index (χ1) is 13.2. The molecule has 0 aliphatic heterocycles. The number of aromatic nitrogens is 2. The lowest BCUT2D eigenvalue weighted by atomic mass is 10.3. The van der Waals surface area contributed by atoms with Crippen LogP contribution >= 0.6 is 0 Å². The van der Waals surface area contributed by atoms with Gasteiger partial charge in [0.2, 0.25) is 0 Å². The summed E-state index contributed by atoms with van der Waals surface area (Å²) in [7, 11) is 0. The van der Waals surface area contributed by atoms with Crippen molar-refractivity contribution in [2.24, 2.45) is 10.2 Å². The summed E-state index contributed by atoms with van der Waals surface area (Å²) in [4.78, 5) is 31.7. The van der Waals surface area contributed by atoms with Gasteiger partial charge in [0.25, 0.3) is 0 Å². The van der Waals surface area contributed by atoms with Crippen molar-refractivity contribution < 1.29 is 14.0 Å². The molecular weight excluding hydrogens is 348 g/mol. The van der Waals surface area contributed by atoms with Gasteiger partial charge in [-0.25, -0.2) is 10.9 Å². The zero-order valence-corrected chi connectivity index (χ0v) is 13.9. The van der Waals surface area contributed by atoms with Gasteiger partial charge in [-0.05, 0) is 47.5 Å². The van der Waals surface area contributed by atoms with Crippen LogP contribution in [0.25, 0.3) is 0 Å². The normalized spacial score (nSPS) is 11.0. The first-order valence-electron chi connectivity index (χ1n) is 7.79. The summed E-state index contributed by atoms with van der Waals surface area (Å²) in [5.74, 6) is -1.27. The van der Waals surface area contributed by atoms with Crippen molar-refractivity contribution in [1.29, 1.82) is 0 Å². The van der Waals surface area contributed by atoms with E-state index in [9.17, 15) is 9.59 Å². The van der Waals surface area contributed by atoms with Crippen molar-refractivity contribution >= 4 is 24.2 Å². The number of hydrogen-bond donors (Lipinski definition) is 2. The summed E-state index contributed by atoms with van der Waals surface area (Å²) in [5.41, 5.74) is 6.18. The number of carbonyl (C=O) groups excluding carboxylic acids is 2. The molecule has 9 heteroatoms. The zero-order valence-electron chi connectivity index (χ0n) is 13.9. The molecule has 0 fully saturated rings. The molecule has 0 unspecified atom stereocenters. The predicted molar refractivity (Wildman–Crippen MR) is 97.3 cm³/mol. The SMILES string of the molecule is O=C(N/N=C/c1ccncc1)c1ccc(C(=O)N/N=C/c2ccncc2)o1. The van der Waals surface area contributed by atoms with Crippen molar-refractivity contribution in [2.45, 2.75) is 0 Å². The highest BCUT2D eigenvalue weighted by molar-refractivity contribution is 5.96. The Balaban J connectivity index is 1.54. The van der Waals surface area contributed by atoms with Crippen LogP contribution in [0.3, 0.4) is 0 Å². The third kappa shape index (κ3) is 5.16. The molecule has 134 valence electrons. The van der Waals surface area contributed by atoms with Gasteiger partial charge in [-0.15, -0.1) is 0 Å². The fourth-order valence-electron chi connectivity index (χ4n) is 1.92. The molecule has 3 aromatic rings. The van der Waals surface area contributed by atoms with E-state index in [-0.39, 0.29) is 11.5 Å². The van der Waals surface area contributed by atoms with E-state index in [1.165, 1.54) is 24.6 Å². The maximum Gasteiger partial charge on any atom is 0.307 e. The van der Waals surface area contributed by atoms with Gasteiger partial charge in [0.1, 0.15) is 0 Å². The molecule has 0 aliphatic carbocycles. The lowest BCUT2D eigenvalue weighted by molar-refractivity contribution is 0.0902. The quantitative estimate of drug-likeness (QED) is 0.509. The van der Waals surface area contributed by atoms with Gasteiger partial charge in [-0.3, -0.25) is 19.6 Å². The lowest BCUT2D eigenvalue weighted by Crippen LogP contribution is -2.18. The molecule has 0 saturated heterocycles. The van der Waals surface area contributed by atoms with Gasteiger partial charge in [0.15, 0.2) is 11.5 Å². The number of nitrogens with zero attached hydrogens (tertiary/aromatic N) is 4. The van der Waals surface area contributed by atoms with Crippen LogP contribution in [0, 0.1) is 0 Å². The number of amides is 2. The fourth-order valence-corrected chi connectivity index (χ4v) is 1.92. The second-order valence-corrected chi connectivity index (χ2v) is 5.12. The highest BCUT2D eigenvalue weighted by Crippen LogP contribution is 2.07. The first kappa shape index (κ1) is 17.7. The minimum Gasteiger partial charge on any atom is -0.446 e. The van der Waals surface area contributed by atoms with Gasteiger partial charge >= 0.3 is 11.8 Å². The maximum absolute atomic E-state index is 12.0. The van der Waals surface area contributed by atoms with Crippen LogP contribution in [0.15, 0.2) is 75.8 Å². The largest absolute Gasteiger partial charge is 0.446 e. The van der Waals surface area contributed by atoms with E-state index in [1.54, 1.807) is 49.1 Å². The minimum atomic E-state index is -0.584. The molecule has 0 atom stereocenters. The van der Waals surface area contributed by atoms with Crippen LogP contribution in [0.5, 0.6) is 0 Å². The van der Waals surface area contributed by atoms with Gasteiger partial charge in [0, 0.05) is 24.8 Å². The molecule has 3 rings (SSSR count). The van der Waals surface area contributed by atoms with Crippen LogP contribution in [0.1, 0.15) is 32.2 Å². The number of hydrazone groups is 2. The van der Waals surface area contributed by atoms with E-state index in [4.69, 9.17) is 4.42 Å². The number of pyridine rings is 2. The van der Waals surface area contributed by atoms with E-state index in [1.807, 2.05) is 0 Å². The number of hydrogen-bond acceptors (Lipinski definition) is 7. The van der Waals surface area contributed by atoms with Crippen molar-refractivity contribution in [3.05, 3.63) is 83.8 Å². The van der Waals surface area contributed by atoms with E-state index < -0.39 is 11.8 Å². The van der Waals surface area contributed by atoms with Crippen LogP contribution < -0.4 is 10.9 Å². The van der Waals surface area contributed by atoms with E-state index in [2.05, 4.69) is 31.0 Å². The van der Waals surface area contributed by atoms with Gasteiger partial charge in [-0.2, -0.15) is 10.2 Å². The monoisotopic (exact) mass is 362 g/mol. The molecule has 0 aliphatic rings. The Morgan fingerprint density at radius 3 is 1.56 bits per heavy atom. The van der Waals surface area contributed by atoms with Crippen molar-refractivity contribution in [1.82, 2.24) is 20.8 Å². The highest BCUT2D eigenvalue weighted by atomic mass is 16.4. The minimum absolute atomic E-state index is 0.0508. The smallest absolute Gasteiger partial charge is 0.307 e. The second kappa shape index (κ2) is 8.81. The number of furan rings is 1. The lowest BCUT2D eigenvalue weighted by Gasteiger charge is -1.97. The molecule has 9 nitrogen and oxygen atoms in total. The summed E-state index contributed by atoms with van der Waals surface area (Å²) in [6.07, 6.45) is 9.36. The Morgan fingerprint density at radius 1 is 0.741 bits per heavy atom. The number of nitrogens with one attached hydrogen (secondary N) is 2. The standard InChI is InChI=1S/C18H14N6O3/c25-17(23-21-11-13-3-7-19-8-4-13)15-1-2-16(27-15)18(26)24-22-12-14-5-9-20-10-6-14/h1-12H,(H,23,25)(H,24,26)/b21-11+,22-12+. The average molecular weight is 362 g/mol. The molecule has 0 saturated carbocycles. The summed E-state index contributed by atoms with van der Waals surface area (Å²) in [6.45, 7) is 0. The molecule has 27 heavy (non-hydrogen) atoms. The Kier molecular flexibility index (Phi) is 5.77. The van der Waals surface area contributed by atoms with Crippen LogP contribution in [-0.2, 0) is 0 Å². The zero-order chi connectivity index (χ0) is 18.9. The van der Waals surface area contributed by atoms with E-state index in [0.717, 1.165) is 11.1 Å². The highest BCUT2D eigenvalue weighted by Gasteiger charge is 2.15. The summed E-state index contributed by atoms with van der Waals surface area (Å²) >= 11 is 0. The Hall–Kier alpha value is -4.14. The van der Waals surface area contributed by atoms with Crippen molar-refractivity contribution in [2.75, 3.05) is 0 Å². The Morgan fingerprint density at radius 2 is 1.15 bits per heavy atom. The Bertz CT molecular complexity index is 889. The van der Waals surface area contributed by atoms with Gasteiger partial charge < -0.3 is 4.42 Å². The molecule has 2 N–H and O–H groups in total. The molecule has 3 heterocycles. The number of carbonyl (C=O) groups is 2. The fraction of sp³-hybridized carbons (Fsp3) is 0. The molecule has 0 bridgehead atoms. The molecular formula is C18H14N6O3. The van der Waals surface area contributed by atoms with E-state index in [0.29, 0.717) is 0 Å². The summed E-state index contributed by atoms with van der Waals surface area (Å²) < 4.78 is 5.22. The summed E-state index contributed by atoms with van der Waals surface area (Å²) in [5, 5.41) is 7.63. The summed E-state index contributed by atoms with van der Waals surface area (Å²) in [6, 6.07) is 9.68. The van der Waals surface area contributed by atoms with Crippen molar-refractivity contribution in [3.8, 4) is 0 Å². The molecule has 2 amide bonds. The average Bonchev–Trinajstić information content (AvgIpc) is 3.20. The number of rotatable bonds is 6. The Labute approximate surface area is 153 Å². The molecule has 3 aromatic heterocycles. The molecule has 0 radical (unpaired) electrons. The predicted octanol–water partition coefficient (Wildman–Crippen LogP) is 1.60. The van der Waals surface area contributed by atoms with Gasteiger partial charge in [-0.1, -0.05) is 0 Å². The molecule has 0 aromatic carbocycles. The third-order valence-corrected chi connectivity index (χ3v) is 3.23. The van der Waals surface area contributed by atoms with Crippen LogP contribution in [0.2, 0.25) is 0 Å². The second-order valence-electron chi connectivity index (χ2n) is 5.12.